The summed E-state index contributed by atoms with van der Waals surface area (Å²) in [4.78, 5) is 15.0. The van der Waals surface area contributed by atoms with Gasteiger partial charge in [-0.15, -0.1) is 0 Å². The predicted molar refractivity (Wildman–Crippen MR) is 163 cm³/mol. The van der Waals surface area contributed by atoms with Crippen LogP contribution in [-0.2, 0) is 0 Å². The molecule has 0 aliphatic heterocycles. The third kappa shape index (κ3) is 4.42. The van der Waals surface area contributed by atoms with Crippen LogP contribution in [0.2, 0.25) is 0 Å². The van der Waals surface area contributed by atoms with E-state index in [9.17, 15) is 0 Å². The topological polar surface area (TPSA) is 38.7 Å². The number of hydrogen-bond donors (Lipinski definition) is 0. The summed E-state index contributed by atoms with van der Waals surface area (Å²) >= 11 is 0. The van der Waals surface area contributed by atoms with Gasteiger partial charge in [-0.05, 0) is 71.3 Å². The summed E-state index contributed by atoms with van der Waals surface area (Å²) in [6, 6.07) is 38.8. The van der Waals surface area contributed by atoms with Gasteiger partial charge in [0.05, 0.1) is 0 Å². The van der Waals surface area contributed by atoms with Crippen molar-refractivity contribution in [2.45, 2.75) is 20.8 Å². The fraction of sp³-hybridized carbons (Fsp3) is 0.0833. The standard InChI is InChI=1S/C36H27N3/c1-22-6-9-28-19-29(15-12-27(28)16-22)34-37-35(30-13-10-25-7-4-23(2)17-32(25)20-30)39-36(38-34)31-14-11-26-8-5-24(3)18-33(26)21-31/h4-21H,1-3H3. The van der Waals surface area contributed by atoms with Gasteiger partial charge in [0.2, 0.25) is 0 Å². The van der Waals surface area contributed by atoms with Crippen LogP contribution in [0.25, 0.3) is 66.5 Å². The maximum absolute atomic E-state index is 5.01. The first-order valence-corrected chi connectivity index (χ1v) is 13.3. The first-order chi connectivity index (χ1) is 19.0. The van der Waals surface area contributed by atoms with E-state index in [0.29, 0.717) is 17.5 Å². The number of fused-ring (bicyclic) bond motifs is 3. The van der Waals surface area contributed by atoms with E-state index in [1.54, 1.807) is 0 Å². The van der Waals surface area contributed by atoms with Gasteiger partial charge in [0.25, 0.3) is 0 Å². The van der Waals surface area contributed by atoms with Crippen LogP contribution in [0, 0.1) is 20.8 Å². The second kappa shape index (κ2) is 9.14. The molecule has 0 amide bonds. The van der Waals surface area contributed by atoms with Gasteiger partial charge in [-0.1, -0.05) is 108 Å². The molecule has 0 saturated carbocycles. The third-order valence-electron chi connectivity index (χ3n) is 7.40. The van der Waals surface area contributed by atoms with E-state index in [1.165, 1.54) is 49.0 Å². The van der Waals surface area contributed by atoms with Gasteiger partial charge in [0.15, 0.2) is 17.5 Å². The summed E-state index contributed by atoms with van der Waals surface area (Å²) < 4.78 is 0. The van der Waals surface area contributed by atoms with Crippen molar-refractivity contribution in [1.82, 2.24) is 15.0 Å². The van der Waals surface area contributed by atoms with Crippen LogP contribution in [0.5, 0.6) is 0 Å². The minimum atomic E-state index is 0.672. The van der Waals surface area contributed by atoms with Gasteiger partial charge in [-0.2, -0.15) is 0 Å². The van der Waals surface area contributed by atoms with Gasteiger partial charge in [0.1, 0.15) is 0 Å². The Balaban J connectivity index is 1.44. The first-order valence-electron chi connectivity index (χ1n) is 13.3. The Hall–Kier alpha value is -4.89. The van der Waals surface area contributed by atoms with Crippen LogP contribution in [0.1, 0.15) is 16.7 Å². The van der Waals surface area contributed by atoms with Crippen LogP contribution >= 0.6 is 0 Å². The Labute approximate surface area is 227 Å². The predicted octanol–water partition coefficient (Wildman–Crippen LogP) is 9.26. The summed E-state index contributed by atoms with van der Waals surface area (Å²) in [7, 11) is 0. The zero-order chi connectivity index (χ0) is 26.5. The average molecular weight is 502 g/mol. The molecule has 0 bridgehead atoms. The molecule has 7 rings (SSSR count). The molecule has 0 atom stereocenters. The molecule has 1 aromatic heterocycles. The van der Waals surface area contributed by atoms with Crippen LogP contribution in [0.4, 0.5) is 0 Å². The Bertz CT molecular complexity index is 1950. The lowest BCUT2D eigenvalue weighted by Gasteiger charge is -2.11. The van der Waals surface area contributed by atoms with E-state index in [1.807, 2.05) is 0 Å². The molecular weight excluding hydrogens is 474 g/mol. The molecule has 0 spiro atoms. The van der Waals surface area contributed by atoms with E-state index < -0.39 is 0 Å². The first kappa shape index (κ1) is 23.2. The summed E-state index contributed by atoms with van der Waals surface area (Å²) in [5.41, 5.74) is 6.64. The van der Waals surface area contributed by atoms with E-state index in [4.69, 9.17) is 15.0 Å². The molecule has 6 aromatic carbocycles. The highest BCUT2D eigenvalue weighted by Crippen LogP contribution is 2.30. The third-order valence-corrected chi connectivity index (χ3v) is 7.40. The summed E-state index contributed by atoms with van der Waals surface area (Å²) in [5.74, 6) is 2.02. The zero-order valence-corrected chi connectivity index (χ0v) is 22.2. The Morgan fingerprint density at radius 1 is 0.308 bits per heavy atom. The largest absolute Gasteiger partial charge is 0.208 e. The van der Waals surface area contributed by atoms with Crippen molar-refractivity contribution < 1.29 is 0 Å². The molecule has 0 radical (unpaired) electrons. The lowest BCUT2D eigenvalue weighted by atomic mass is 10.0. The number of rotatable bonds is 3. The average Bonchev–Trinajstić information content (AvgIpc) is 2.95. The molecule has 186 valence electrons. The van der Waals surface area contributed by atoms with Crippen molar-refractivity contribution >= 4 is 32.3 Å². The minimum Gasteiger partial charge on any atom is -0.208 e. The van der Waals surface area contributed by atoms with Gasteiger partial charge in [0, 0.05) is 16.7 Å². The molecule has 0 saturated heterocycles. The van der Waals surface area contributed by atoms with Crippen molar-refractivity contribution in [1.29, 1.82) is 0 Å². The second-order valence-electron chi connectivity index (χ2n) is 10.5. The summed E-state index contributed by atoms with van der Waals surface area (Å²) in [6.45, 7) is 6.36. The van der Waals surface area contributed by atoms with Gasteiger partial charge in [-0.3, -0.25) is 0 Å². The van der Waals surface area contributed by atoms with Crippen LogP contribution in [-0.4, -0.2) is 15.0 Å². The molecule has 0 aliphatic carbocycles. The highest BCUT2D eigenvalue weighted by atomic mass is 15.0. The van der Waals surface area contributed by atoms with Crippen LogP contribution in [0.3, 0.4) is 0 Å². The number of aromatic nitrogens is 3. The van der Waals surface area contributed by atoms with Gasteiger partial charge >= 0.3 is 0 Å². The van der Waals surface area contributed by atoms with Gasteiger partial charge < -0.3 is 0 Å². The second-order valence-corrected chi connectivity index (χ2v) is 10.5. The molecule has 39 heavy (non-hydrogen) atoms. The molecule has 0 unspecified atom stereocenters. The van der Waals surface area contributed by atoms with Crippen molar-refractivity contribution in [3.8, 4) is 34.2 Å². The highest BCUT2D eigenvalue weighted by Gasteiger charge is 2.14. The molecule has 3 heteroatoms. The number of aryl methyl sites for hydroxylation is 3. The fourth-order valence-corrected chi connectivity index (χ4v) is 5.28. The fourth-order valence-electron chi connectivity index (χ4n) is 5.28. The SMILES string of the molecule is Cc1ccc2cc(-c3nc(-c4ccc5ccc(C)cc5c4)nc(-c4ccc5ccc(C)cc5c4)n3)ccc2c1. The Kier molecular flexibility index (Phi) is 5.45. The number of benzene rings is 6. The Morgan fingerprint density at radius 2 is 0.615 bits per heavy atom. The van der Waals surface area contributed by atoms with Gasteiger partial charge in [-0.25, -0.2) is 15.0 Å². The smallest absolute Gasteiger partial charge is 0.164 e. The molecular formula is C36H27N3. The van der Waals surface area contributed by atoms with E-state index in [-0.39, 0.29) is 0 Å². The maximum atomic E-state index is 5.01. The van der Waals surface area contributed by atoms with Crippen molar-refractivity contribution in [2.24, 2.45) is 0 Å². The van der Waals surface area contributed by atoms with Crippen LogP contribution in [0.15, 0.2) is 109 Å². The highest BCUT2D eigenvalue weighted by molar-refractivity contribution is 5.90. The Morgan fingerprint density at radius 3 is 1.08 bits per heavy atom. The molecule has 0 fully saturated rings. The normalized spacial score (nSPS) is 11.5. The van der Waals surface area contributed by atoms with E-state index in [2.05, 4.69) is 130 Å². The molecule has 0 N–H and O–H groups in total. The lowest BCUT2D eigenvalue weighted by Crippen LogP contribution is -2.00. The summed E-state index contributed by atoms with van der Waals surface area (Å²) in [5, 5.41) is 7.14. The van der Waals surface area contributed by atoms with Crippen LogP contribution < -0.4 is 0 Å². The van der Waals surface area contributed by atoms with E-state index in [0.717, 1.165) is 16.7 Å². The summed E-state index contributed by atoms with van der Waals surface area (Å²) in [6.07, 6.45) is 0. The van der Waals surface area contributed by atoms with Crippen molar-refractivity contribution in [3.63, 3.8) is 0 Å². The molecule has 3 nitrogen and oxygen atoms in total. The number of hydrogen-bond acceptors (Lipinski definition) is 3. The molecule has 7 aromatic rings. The quantitative estimate of drug-likeness (QED) is 0.242. The molecule has 0 aliphatic rings. The zero-order valence-electron chi connectivity index (χ0n) is 22.2. The minimum absolute atomic E-state index is 0.672. The van der Waals surface area contributed by atoms with E-state index >= 15 is 0 Å². The van der Waals surface area contributed by atoms with Crippen molar-refractivity contribution in [3.05, 3.63) is 126 Å². The molecule has 1 heterocycles. The monoisotopic (exact) mass is 501 g/mol. The van der Waals surface area contributed by atoms with Crippen molar-refractivity contribution in [2.75, 3.05) is 0 Å². The lowest BCUT2D eigenvalue weighted by molar-refractivity contribution is 1.08. The number of nitrogens with zero attached hydrogens (tertiary/aromatic N) is 3. The maximum Gasteiger partial charge on any atom is 0.164 e.